The summed E-state index contributed by atoms with van der Waals surface area (Å²) in [5.74, 6) is 0.779. The summed E-state index contributed by atoms with van der Waals surface area (Å²) in [6.45, 7) is 0.456. The number of nitrogens with zero attached hydrogens (tertiary/aromatic N) is 3. The van der Waals surface area contributed by atoms with E-state index in [9.17, 15) is 4.79 Å². The van der Waals surface area contributed by atoms with E-state index in [2.05, 4.69) is 0 Å². The molecule has 5 rings (SSSR count). The van der Waals surface area contributed by atoms with Crippen LogP contribution in [-0.4, -0.2) is 32.0 Å². The first-order chi connectivity index (χ1) is 16.6. The number of aromatic nitrogens is 2. The molecule has 1 fully saturated rings. The fraction of sp³-hybridized carbons (Fsp3) is 0.0741. The molecule has 3 aromatic carbocycles. The Bertz CT molecular complexity index is 1360. The predicted octanol–water partition coefficient (Wildman–Crippen LogP) is 6.59. The topological polar surface area (TPSA) is 47.4 Å². The zero-order valence-corrected chi connectivity index (χ0v) is 20.1. The van der Waals surface area contributed by atoms with Crippen molar-refractivity contribution >= 4 is 40.3 Å². The molecule has 1 aromatic heterocycles. The fourth-order valence-corrected chi connectivity index (χ4v) is 4.95. The van der Waals surface area contributed by atoms with Crippen LogP contribution in [0.4, 0.5) is 4.79 Å². The quantitative estimate of drug-likeness (QED) is 0.229. The number of hydrogen-bond acceptors (Lipinski definition) is 5. The molecule has 1 aliphatic heterocycles. The van der Waals surface area contributed by atoms with Crippen molar-refractivity contribution in [1.29, 1.82) is 0 Å². The van der Waals surface area contributed by atoms with Gasteiger partial charge in [-0.25, -0.2) is 4.68 Å². The maximum Gasteiger partial charge on any atom is 0.291 e. The van der Waals surface area contributed by atoms with Crippen molar-refractivity contribution in [3.8, 4) is 22.7 Å². The highest BCUT2D eigenvalue weighted by Gasteiger charge is 2.32. The van der Waals surface area contributed by atoms with Crippen LogP contribution in [0.15, 0.2) is 96.0 Å². The molecular formula is C27H21N3O2S2. The Morgan fingerprint density at radius 1 is 0.971 bits per heavy atom. The van der Waals surface area contributed by atoms with Gasteiger partial charge in [-0.1, -0.05) is 60.7 Å². The fourth-order valence-electron chi connectivity index (χ4n) is 3.72. The predicted molar refractivity (Wildman–Crippen MR) is 141 cm³/mol. The summed E-state index contributed by atoms with van der Waals surface area (Å²) in [5.41, 5.74) is 4.62. The van der Waals surface area contributed by atoms with Gasteiger partial charge in [-0.15, -0.1) is 0 Å². The minimum absolute atomic E-state index is 0.0680. The van der Waals surface area contributed by atoms with Crippen LogP contribution < -0.4 is 4.74 Å². The molecule has 0 spiro atoms. The van der Waals surface area contributed by atoms with Crippen LogP contribution in [0.5, 0.6) is 5.75 Å². The summed E-state index contributed by atoms with van der Waals surface area (Å²) in [6.07, 6.45) is 3.93. The molecule has 0 radical (unpaired) electrons. The van der Waals surface area contributed by atoms with E-state index in [0.717, 1.165) is 50.5 Å². The van der Waals surface area contributed by atoms with Gasteiger partial charge in [0.25, 0.3) is 5.24 Å². The molecular weight excluding hydrogens is 462 g/mol. The van der Waals surface area contributed by atoms with E-state index in [1.165, 1.54) is 0 Å². The second-order valence-corrected chi connectivity index (χ2v) is 9.08. The van der Waals surface area contributed by atoms with Gasteiger partial charge in [-0.05, 0) is 59.8 Å². The Hall–Kier alpha value is -3.68. The van der Waals surface area contributed by atoms with Crippen LogP contribution in [0.25, 0.3) is 23.0 Å². The van der Waals surface area contributed by atoms with E-state index < -0.39 is 0 Å². The molecule has 34 heavy (non-hydrogen) atoms. The minimum Gasteiger partial charge on any atom is -0.497 e. The van der Waals surface area contributed by atoms with Gasteiger partial charge in [0, 0.05) is 17.3 Å². The van der Waals surface area contributed by atoms with Crippen molar-refractivity contribution in [3.05, 3.63) is 107 Å². The molecule has 0 saturated carbocycles. The van der Waals surface area contributed by atoms with Crippen molar-refractivity contribution in [2.24, 2.45) is 0 Å². The van der Waals surface area contributed by atoms with Crippen LogP contribution in [0.2, 0.25) is 0 Å². The zero-order valence-electron chi connectivity index (χ0n) is 18.4. The molecule has 0 atom stereocenters. The molecule has 7 heteroatoms. The van der Waals surface area contributed by atoms with E-state index in [1.807, 2.05) is 102 Å². The average Bonchev–Trinajstić information content (AvgIpc) is 3.42. The number of methoxy groups -OCH3 is 1. The number of benzene rings is 3. The van der Waals surface area contributed by atoms with Crippen LogP contribution in [0.1, 0.15) is 11.1 Å². The maximum absolute atomic E-state index is 12.8. The lowest BCUT2D eigenvalue weighted by molar-refractivity contribution is 0.244. The summed E-state index contributed by atoms with van der Waals surface area (Å²) in [5, 5.41) is 4.79. The third kappa shape index (κ3) is 4.53. The summed E-state index contributed by atoms with van der Waals surface area (Å²) in [7, 11) is 1.64. The normalized spacial score (nSPS) is 14.7. The molecule has 5 nitrogen and oxygen atoms in total. The number of thiocarbonyl (C=S) groups is 1. The number of carbonyl (C=O) groups excluding carboxylic acids is 1. The Labute approximate surface area is 207 Å². The van der Waals surface area contributed by atoms with Crippen LogP contribution in [0.3, 0.4) is 0 Å². The van der Waals surface area contributed by atoms with Crippen molar-refractivity contribution < 1.29 is 9.53 Å². The van der Waals surface area contributed by atoms with E-state index >= 15 is 0 Å². The highest BCUT2D eigenvalue weighted by Crippen LogP contribution is 2.36. The number of amides is 1. The van der Waals surface area contributed by atoms with E-state index in [1.54, 1.807) is 12.0 Å². The van der Waals surface area contributed by atoms with Gasteiger partial charge in [0.05, 0.1) is 29.9 Å². The Balaban J connectivity index is 1.52. The lowest BCUT2D eigenvalue weighted by Crippen LogP contribution is -2.26. The van der Waals surface area contributed by atoms with Crippen molar-refractivity contribution in [3.63, 3.8) is 0 Å². The van der Waals surface area contributed by atoms with Gasteiger partial charge in [-0.2, -0.15) is 5.10 Å². The number of hydrogen-bond donors (Lipinski definition) is 0. The largest absolute Gasteiger partial charge is 0.497 e. The van der Waals surface area contributed by atoms with Gasteiger partial charge in [-0.3, -0.25) is 9.69 Å². The van der Waals surface area contributed by atoms with E-state index in [-0.39, 0.29) is 5.24 Å². The molecule has 0 N–H and O–H groups in total. The number of thioether (sulfide) groups is 1. The highest BCUT2D eigenvalue weighted by atomic mass is 32.2. The maximum atomic E-state index is 12.8. The number of rotatable bonds is 6. The molecule has 1 aliphatic rings. The van der Waals surface area contributed by atoms with Crippen LogP contribution in [0, 0.1) is 0 Å². The lowest BCUT2D eigenvalue weighted by atomic mass is 10.1. The second-order valence-electron chi connectivity index (χ2n) is 7.70. The van der Waals surface area contributed by atoms with Gasteiger partial charge < -0.3 is 4.74 Å². The third-order valence-corrected chi connectivity index (χ3v) is 6.97. The Morgan fingerprint density at radius 2 is 1.65 bits per heavy atom. The zero-order chi connectivity index (χ0) is 23.5. The second kappa shape index (κ2) is 9.67. The first-order valence-corrected chi connectivity index (χ1v) is 11.9. The lowest BCUT2D eigenvalue weighted by Gasteiger charge is -2.14. The van der Waals surface area contributed by atoms with Crippen molar-refractivity contribution in [1.82, 2.24) is 14.7 Å². The number of ether oxygens (including phenoxy) is 1. The Kier molecular flexibility index (Phi) is 6.29. The number of para-hydroxylation sites is 1. The van der Waals surface area contributed by atoms with Crippen molar-refractivity contribution in [2.75, 3.05) is 7.11 Å². The molecule has 1 amide bonds. The Morgan fingerprint density at radius 3 is 2.32 bits per heavy atom. The first kappa shape index (κ1) is 22.1. The SMILES string of the molecule is COc1ccc(-c2nn(-c3ccccc3)cc2/C=C2/SC(=O)N(Cc3ccccc3)C2=S)cc1. The summed E-state index contributed by atoms with van der Waals surface area (Å²) < 4.78 is 7.15. The average molecular weight is 484 g/mol. The molecule has 1 saturated heterocycles. The van der Waals surface area contributed by atoms with Gasteiger partial charge in [0.15, 0.2) is 0 Å². The first-order valence-electron chi connectivity index (χ1n) is 10.7. The van der Waals surface area contributed by atoms with Crippen LogP contribution >= 0.6 is 24.0 Å². The monoisotopic (exact) mass is 483 g/mol. The summed E-state index contributed by atoms with van der Waals surface area (Å²) in [4.78, 5) is 15.7. The number of carbonyl (C=O) groups is 1. The molecule has 0 bridgehead atoms. The molecule has 0 aliphatic carbocycles. The standard InChI is InChI=1S/C27H21N3O2S2/c1-32-23-14-12-20(13-15-23)25-21(18-30(28-25)22-10-6-3-7-11-22)16-24-26(33)29(27(31)34-24)17-19-8-4-2-5-9-19/h2-16,18H,17H2,1H3/b24-16+. The summed E-state index contributed by atoms with van der Waals surface area (Å²) in [6, 6.07) is 27.6. The van der Waals surface area contributed by atoms with E-state index in [0.29, 0.717) is 11.5 Å². The summed E-state index contributed by atoms with van der Waals surface area (Å²) >= 11 is 6.86. The molecule has 2 heterocycles. The van der Waals surface area contributed by atoms with Gasteiger partial charge in [0.1, 0.15) is 10.7 Å². The highest BCUT2D eigenvalue weighted by molar-refractivity contribution is 8.19. The van der Waals surface area contributed by atoms with Crippen molar-refractivity contribution in [2.45, 2.75) is 6.54 Å². The van der Waals surface area contributed by atoms with Gasteiger partial charge >= 0.3 is 0 Å². The van der Waals surface area contributed by atoms with E-state index in [4.69, 9.17) is 22.1 Å². The van der Waals surface area contributed by atoms with Gasteiger partial charge in [0.2, 0.25) is 0 Å². The molecule has 168 valence electrons. The molecule has 4 aromatic rings. The molecule has 0 unspecified atom stereocenters. The third-order valence-electron chi connectivity index (χ3n) is 5.47. The smallest absolute Gasteiger partial charge is 0.291 e. The minimum atomic E-state index is -0.0680. The van der Waals surface area contributed by atoms with Crippen LogP contribution in [-0.2, 0) is 6.54 Å².